The first-order valence-corrected chi connectivity index (χ1v) is 12.0. The van der Waals surface area contributed by atoms with E-state index in [4.69, 9.17) is 17.3 Å². The number of aryl methyl sites for hydroxylation is 2. The maximum absolute atomic E-state index is 12.5. The number of rotatable bonds is 10. The molecule has 3 rings (SSSR count). The Morgan fingerprint density at radius 3 is 2.62 bits per heavy atom. The van der Waals surface area contributed by atoms with Gasteiger partial charge in [0.25, 0.3) is 0 Å². The van der Waals surface area contributed by atoms with Gasteiger partial charge in [-0.25, -0.2) is 9.97 Å². The van der Waals surface area contributed by atoms with Gasteiger partial charge in [-0.05, 0) is 55.5 Å². The number of nitrogens with zero attached hydrogens (tertiary/aromatic N) is 2. The van der Waals surface area contributed by atoms with Crippen LogP contribution in [0.4, 0.5) is 17.2 Å². The van der Waals surface area contributed by atoms with Crippen LogP contribution >= 0.6 is 23.4 Å². The molecule has 2 aromatic carbocycles. The number of benzene rings is 2. The Hall–Kier alpha value is -3.30. The molecule has 0 aliphatic carbocycles. The van der Waals surface area contributed by atoms with Gasteiger partial charge in [-0.1, -0.05) is 47.6 Å². The van der Waals surface area contributed by atoms with Crippen LogP contribution in [0.1, 0.15) is 29.5 Å². The lowest BCUT2D eigenvalue weighted by atomic mass is 10.1. The summed E-state index contributed by atoms with van der Waals surface area (Å²) in [4.78, 5) is 32.0. The summed E-state index contributed by atoms with van der Waals surface area (Å²) in [6.45, 7) is 4.05. The van der Waals surface area contributed by atoms with Gasteiger partial charge >= 0.3 is 0 Å². The number of para-hydroxylation sites is 1. The minimum absolute atomic E-state index is 0.0224. The number of carbonyl (C=O) groups is 2. The maximum atomic E-state index is 12.5. The number of primary amides is 1. The van der Waals surface area contributed by atoms with E-state index < -0.39 is 5.91 Å². The highest BCUT2D eigenvalue weighted by atomic mass is 35.5. The summed E-state index contributed by atoms with van der Waals surface area (Å²) < 4.78 is 0. The quantitative estimate of drug-likeness (QED) is 0.137. The van der Waals surface area contributed by atoms with E-state index in [2.05, 4.69) is 20.6 Å². The van der Waals surface area contributed by atoms with Gasteiger partial charge in [0.15, 0.2) is 5.16 Å². The molecule has 8 nitrogen and oxygen atoms in total. The molecule has 34 heavy (non-hydrogen) atoms. The largest absolute Gasteiger partial charge is 0.505 e. The average molecular weight is 500 g/mol. The molecule has 0 fully saturated rings. The summed E-state index contributed by atoms with van der Waals surface area (Å²) >= 11 is 7.29. The zero-order valence-electron chi connectivity index (χ0n) is 18.9. The first-order valence-electron chi connectivity index (χ1n) is 10.6. The molecule has 1 aromatic heterocycles. The number of anilines is 3. The minimum Gasteiger partial charge on any atom is -0.505 e. The maximum Gasteiger partial charge on any atom is 0.234 e. The van der Waals surface area contributed by atoms with Gasteiger partial charge in [0.05, 0.1) is 11.4 Å². The second-order valence-corrected chi connectivity index (χ2v) is 9.03. The number of amides is 2. The number of nitrogens with one attached hydrogen (secondary N) is 2. The summed E-state index contributed by atoms with van der Waals surface area (Å²) in [5.74, 6) is -0.199. The highest BCUT2D eigenvalue weighted by Gasteiger charge is 2.13. The number of hydrogen-bond donors (Lipinski definition) is 4. The Morgan fingerprint density at radius 1 is 1.12 bits per heavy atom. The van der Waals surface area contributed by atoms with Crippen LogP contribution < -0.4 is 16.4 Å². The first-order chi connectivity index (χ1) is 16.2. The molecule has 0 unspecified atom stereocenters. The third-order valence-corrected chi connectivity index (χ3v) is 6.18. The molecule has 10 heteroatoms. The van der Waals surface area contributed by atoms with Crippen LogP contribution in [0.15, 0.2) is 47.6 Å². The van der Waals surface area contributed by atoms with E-state index in [-0.39, 0.29) is 29.0 Å². The summed E-state index contributed by atoms with van der Waals surface area (Å²) in [7, 11) is 0. The molecule has 5 N–H and O–H groups in total. The van der Waals surface area contributed by atoms with E-state index in [9.17, 15) is 14.7 Å². The Labute approximate surface area is 207 Å². The number of aromatic hydroxyl groups is 1. The minimum atomic E-state index is -0.392. The van der Waals surface area contributed by atoms with Crippen molar-refractivity contribution in [2.45, 2.75) is 38.3 Å². The number of carbonyl (C=O) groups excluding carboxylic acids is 2. The average Bonchev–Trinajstić information content (AvgIpc) is 2.77. The van der Waals surface area contributed by atoms with Crippen LogP contribution in [0.5, 0.6) is 5.75 Å². The Kier molecular flexibility index (Phi) is 8.72. The SMILES string of the molecule is Cc1cccc(Nc2cc(Cl)nc(SCC(=O)Nc3cccc(CCCC(N)=O)c3O)n2)c1C. The van der Waals surface area contributed by atoms with Crippen LogP contribution in [0.25, 0.3) is 0 Å². The third kappa shape index (κ3) is 7.10. The number of phenolic OH excluding ortho intramolecular Hbond substituents is 1. The second kappa shape index (κ2) is 11.7. The third-order valence-electron chi connectivity index (χ3n) is 5.14. The monoisotopic (exact) mass is 499 g/mol. The molecule has 0 saturated carbocycles. The number of aromatic nitrogens is 2. The fourth-order valence-corrected chi connectivity index (χ4v) is 4.10. The van der Waals surface area contributed by atoms with E-state index in [1.54, 1.807) is 24.3 Å². The molecule has 0 aliphatic heterocycles. The fourth-order valence-electron chi connectivity index (χ4n) is 3.21. The Bertz CT molecular complexity index is 1210. The Balaban J connectivity index is 1.62. The van der Waals surface area contributed by atoms with Crippen molar-refractivity contribution in [2.75, 3.05) is 16.4 Å². The smallest absolute Gasteiger partial charge is 0.234 e. The molecule has 0 spiro atoms. The molecular weight excluding hydrogens is 474 g/mol. The van der Waals surface area contributed by atoms with Crippen molar-refractivity contribution in [3.63, 3.8) is 0 Å². The van der Waals surface area contributed by atoms with Crippen molar-refractivity contribution in [1.82, 2.24) is 9.97 Å². The van der Waals surface area contributed by atoms with E-state index >= 15 is 0 Å². The van der Waals surface area contributed by atoms with E-state index in [0.717, 1.165) is 28.6 Å². The number of thioether (sulfide) groups is 1. The fraction of sp³-hybridized carbons (Fsp3) is 0.250. The lowest BCUT2D eigenvalue weighted by molar-refractivity contribution is -0.118. The normalized spacial score (nSPS) is 10.7. The first kappa shape index (κ1) is 25.3. The van der Waals surface area contributed by atoms with E-state index in [0.29, 0.717) is 35.1 Å². The molecule has 0 bridgehead atoms. The van der Waals surface area contributed by atoms with Gasteiger partial charge in [-0.3, -0.25) is 9.59 Å². The predicted octanol–water partition coefficient (Wildman–Crippen LogP) is 4.73. The summed E-state index contributed by atoms with van der Waals surface area (Å²) in [5, 5.41) is 17.0. The van der Waals surface area contributed by atoms with Crippen LogP contribution in [0.3, 0.4) is 0 Å². The molecule has 178 valence electrons. The highest BCUT2D eigenvalue weighted by molar-refractivity contribution is 7.99. The molecule has 0 aliphatic rings. The van der Waals surface area contributed by atoms with Crippen molar-refractivity contribution in [1.29, 1.82) is 0 Å². The lowest BCUT2D eigenvalue weighted by Crippen LogP contribution is -2.15. The van der Waals surface area contributed by atoms with Gasteiger partial charge in [0, 0.05) is 18.2 Å². The van der Waals surface area contributed by atoms with Crippen LogP contribution in [0, 0.1) is 13.8 Å². The number of halogens is 1. The second-order valence-electron chi connectivity index (χ2n) is 7.70. The van der Waals surface area contributed by atoms with Gasteiger partial charge in [0.2, 0.25) is 11.8 Å². The molecule has 0 atom stereocenters. The summed E-state index contributed by atoms with van der Waals surface area (Å²) in [5.41, 5.74) is 9.25. The van der Waals surface area contributed by atoms with Crippen molar-refractivity contribution < 1.29 is 14.7 Å². The van der Waals surface area contributed by atoms with Gasteiger partial charge in [-0.15, -0.1) is 0 Å². The Morgan fingerprint density at radius 2 is 1.85 bits per heavy atom. The standard InChI is InChI=1S/C24H26ClN5O3S/c1-14-6-3-9-17(15(14)2)27-21-12-19(25)29-24(30-21)34-13-22(32)28-18-10-4-7-16(23(18)33)8-5-11-20(26)31/h3-4,6-7,9-10,12,33H,5,8,11,13H2,1-2H3,(H2,26,31)(H,28,32)(H,27,29,30). The summed E-state index contributed by atoms with van der Waals surface area (Å²) in [6, 6.07) is 12.6. The molecular formula is C24H26ClN5O3S. The van der Waals surface area contributed by atoms with E-state index in [1.807, 2.05) is 32.0 Å². The summed E-state index contributed by atoms with van der Waals surface area (Å²) in [6.07, 6.45) is 1.22. The number of phenols is 1. The van der Waals surface area contributed by atoms with Crippen LogP contribution in [0.2, 0.25) is 5.15 Å². The van der Waals surface area contributed by atoms with Crippen molar-refractivity contribution >= 4 is 52.4 Å². The predicted molar refractivity (Wildman–Crippen MR) is 136 cm³/mol. The zero-order valence-corrected chi connectivity index (χ0v) is 20.5. The molecule has 0 radical (unpaired) electrons. The van der Waals surface area contributed by atoms with Crippen LogP contribution in [-0.4, -0.2) is 32.6 Å². The molecule has 0 saturated heterocycles. The highest BCUT2D eigenvalue weighted by Crippen LogP contribution is 2.29. The lowest BCUT2D eigenvalue weighted by Gasteiger charge is -2.12. The zero-order chi connectivity index (χ0) is 24.7. The molecule has 3 aromatic rings. The number of hydrogen-bond acceptors (Lipinski definition) is 7. The van der Waals surface area contributed by atoms with Crippen molar-refractivity contribution in [2.24, 2.45) is 5.73 Å². The van der Waals surface area contributed by atoms with E-state index in [1.165, 1.54) is 0 Å². The van der Waals surface area contributed by atoms with Gasteiger partial charge in [-0.2, -0.15) is 0 Å². The van der Waals surface area contributed by atoms with Gasteiger partial charge in [0.1, 0.15) is 16.7 Å². The topological polar surface area (TPSA) is 130 Å². The number of nitrogens with two attached hydrogens (primary N) is 1. The van der Waals surface area contributed by atoms with Crippen LogP contribution in [-0.2, 0) is 16.0 Å². The molecule has 2 amide bonds. The van der Waals surface area contributed by atoms with Crippen molar-refractivity contribution in [3.8, 4) is 5.75 Å². The van der Waals surface area contributed by atoms with Crippen molar-refractivity contribution in [3.05, 3.63) is 64.3 Å². The van der Waals surface area contributed by atoms with Gasteiger partial charge < -0.3 is 21.5 Å². The molecule has 1 heterocycles.